The predicted molar refractivity (Wildman–Crippen MR) is 255 cm³/mol. The lowest BCUT2D eigenvalue weighted by atomic mass is 9.88. The minimum absolute atomic E-state index is 0.0710. The van der Waals surface area contributed by atoms with E-state index in [4.69, 9.17) is 34.8 Å². The fourth-order valence-corrected chi connectivity index (χ4v) is 8.33. The molecular weight excluding hydrogens is 959 g/mol. The number of carbonyl (C=O) groups is 6. The fraction of sp³-hybridized carbons (Fsp3) is 0.220. The molecule has 3 N–H and O–H groups in total. The molecule has 1 aromatic heterocycles. The van der Waals surface area contributed by atoms with Crippen molar-refractivity contribution in [3.63, 3.8) is 0 Å². The number of hydrogen-bond acceptors (Lipinski definition) is 9. The lowest BCUT2D eigenvalue weighted by Crippen LogP contribution is -2.12. The number of pyridine rings is 1. The smallest absolute Gasteiger partial charge is 0.340 e. The van der Waals surface area contributed by atoms with E-state index in [1.54, 1.807) is 84.9 Å². The third-order valence-electron chi connectivity index (χ3n) is 10.9. The summed E-state index contributed by atoms with van der Waals surface area (Å²) in [6.07, 6.45) is 8.44. The second kappa shape index (κ2) is 22.3. The molecule has 0 saturated carbocycles. The zero-order valence-corrected chi connectivity index (χ0v) is 38.9. The number of rotatable bonds is 7. The third-order valence-corrected chi connectivity index (χ3v) is 12.1. The van der Waals surface area contributed by atoms with Gasteiger partial charge in [-0.3, -0.25) is 24.0 Å². The second-order valence-corrected chi connectivity index (χ2v) is 17.1. The van der Waals surface area contributed by atoms with Crippen LogP contribution in [-0.2, 0) is 40.0 Å². The van der Waals surface area contributed by atoms with Crippen molar-refractivity contribution >= 4 is 103 Å². The van der Waals surface area contributed by atoms with Crippen LogP contribution in [0.3, 0.4) is 0 Å². The van der Waals surface area contributed by atoms with Crippen molar-refractivity contribution in [3.8, 4) is 17.0 Å². The van der Waals surface area contributed by atoms with E-state index < -0.39 is 23.6 Å². The van der Waals surface area contributed by atoms with Gasteiger partial charge in [0.1, 0.15) is 11.3 Å². The van der Waals surface area contributed by atoms with Crippen molar-refractivity contribution < 1.29 is 43.7 Å². The number of aromatic carboxylic acids is 1. The Balaban J connectivity index is 0.000000152. The van der Waals surface area contributed by atoms with Crippen LogP contribution >= 0.6 is 50.7 Å². The Morgan fingerprint density at radius 2 is 1.20 bits per heavy atom. The van der Waals surface area contributed by atoms with Crippen molar-refractivity contribution in [2.75, 3.05) is 17.3 Å². The maximum Gasteiger partial charge on any atom is 0.340 e. The molecule has 334 valence electrons. The number of esters is 1. The summed E-state index contributed by atoms with van der Waals surface area (Å²) in [5.74, 6) is -2.97. The van der Waals surface area contributed by atoms with Crippen molar-refractivity contribution in [1.29, 1.82) is 0 Å². The molecule has 9 rings (SSSR count). The van der Waals surface area contributed by atoms with Gasteiger partial charge in [-0.1, -0.05) is 81.1 Å². The van der Waals surface area contributed by atoms with Gasteiger partial charge in [-0.15, -0.1) is 0 Å². The molecule has 0 spiro atoms. The number of ether oxygens (including phenoxy) is 1. The third kappa shape index (κ3) is 12.1. The van der Waals surface area contributed by atoms with E-state index in [0.29, 0.717) is 53.6 Å². The van der Waals surface area contributed by atoms with Crippen molar-refractivity contribution in [2.45, 2.75) is 58.3 Å². The van der Waals surface area contributed by atoms with Crippen LogP contribution in [0.5, 0.6) is 5.75 Å². The summed E-state index contributed by atoms with van der Waals surface area (Å²) in [6, 6.07) is 27.6. The van der Waals surface area contributed by atoms with Gasteiger partial charge in [-0.05, 0) is 140 Å². The molecule has 1 amide bonds. The number of fused-ring (bicyclic) bond motifs is 6. The van der Waals surface area contributed by atoms with Gasteiger partial charge < -0.3 is 20.3 Å². The van der Waals surface area contributed by atoms with Crippen LogP contribution in [0.4, 0.5) is 5.69 Å². The summed E-state index contributed by atoms with van der Waals surface area (Å²) in [4.78, 5) is 72.0. The van der Waals surface area contributed by atoms with Gasteiger partial charge >= 0.3 is 11.9 Å². The summed E-state index contributed by atoms with van der Waals surface area (Å²) < 4.78 is 4.57. The minimum atomic E-state index is -1.16. The highest BCUT2D eigenvalue weighted by atomic mass is 79.9. The van der Waals surface area contributed by atoms with Crippen molar-refractivity contribution in [3.05, 3.63) is 157 Å². The summed E-state index contributed by atoms with van der Waals surface area (Å²) in [6.45, 7) is 1.03. The maximum absolute atomic E-state index is 11.8. The zero-order chi connectivity index (χ0) is 46.8. The topological polar surface area (TPSA) is 177 Å². The number of carboxylic acid groups (broad SMARTS) is 1. The first-order valence-corrected chi connectivity index (χ1v) is 22.9. The summed E-state index contributed by atoms with van der Waals surface area (Å²) >= 11 is 20.3. The van der Waals surface area contributed by atoms with E-state index in [9.17, 15) is 39.0 Å². The Morgan fingerprint density at radius 1 is 0.692 bits per heavy atom. The first kappa shape index (κ1) is 48.5. The Hall–Kier alpha value is -5.92. The molecule has 2 heterocycles. The van der Waals surface area contributed by atoms with Crippen LogP contribution in [0.2, 0.25) is 15.1 Å². The number of carbonyl (C=O) groups excluding carboxylic acids is 5. The number of anilines is 1. The van der Waals surface area contributed by atoms with Gasteiger partial charge in [0.25, 0.3) is 11.7 Å². The van der Waals surface area contributed by atoms with E-state index in [-0.39, 0.29) is 35.2 Å². The van der Waals surface area contributed by atoms with Gasteiger partial charge in [-0.25, -0.2) is 9.78 Å². The molecule has 0 atom stereocenters. The van der Waals surface area contributed by atoms with Crippen LogP contribution in [0.1, 0.15) is 96.3 Å². The Morgan fingerprint density at radius 3 is 1.75 bits per heavy atom. The number of benzene rings is 5. The lowest BCUT2D eigenvalue weighted by Gasteiger charge is -2.19. The molecule has 0 unspecified atom stereocenters. The average Bonchev–Trinajstić information content (AvgIpc) is 3.61. The van der Waals surface area contributed by atoms with Crippen LogP contribution in [0, 0.1) is 0 Å². The van der Waals surface area contributed by atoms with E-state index in [2.05, 4.69) is 31.0 Å². The van der Waals surface area contributed by atoms with Crippen LogP contribution in [-0.4, -0.2) is 62.3 Å². The molecule has 5 aromatic carbocycles. The van der Waals surface area contributed by atoms with Gasteiger partial charge in [-0.2, -0.15) is 0 Å². The largest absolute Gasteiger partial charge is 0.505 e. The van der Waals surface area contributed by atoms with Crippen molar-refractivity contribution in [1.82, 2.24) is 4.98 Å². The second-order valence-electron chi connectivity index (χ2n) is 15.2. The molecule has 1 aliphatic heterocycles. The number of aromatic hydroxyl groups is 1. The average molecular weight is 1000 g/mol. The summed E-state index contributed by atoms with van der Waals surface area (Å²) in [7, 11) is 0. The fourth-order valence-electron chi connectivity index (χ4n) is 7.63. The molecular formula is C50H42BrCl3N2O9. The predicted octanol–water partition coefficient (Wildman–Crippen LogP) is 11.5. The molecule has 0 radical (unpaired) electrons. The molecule has 6 aromatic rings. The van der Waals surface area contributed by atoms with Crippen LogP contribution < -0.4 is 5.32 Å². The molecule has 0 fully saturated rings. The first-order chi connectivity index (χ1) is 31.2. The Kier molecular flexibility index (Phi) is 16.7. The maximum atomic E-state index is 11.8. The quantitative estimate of drug-likeness (QED) is 0.0604. The Bertz CT molecular complexity index is 2800. The number of hydrogen-bond donors (Lipinski definition) is 3. The van der Waals surface area contributed by atoms with E-state index in [1.807, 2.05) is 12.1 Å². The van der Waals surface area contributed by atoms with E-state index in [0.717, 1.165) is 56.2 Å². The number of alkyl halides is 1. The highest BCUT2D eigenvalue weighted by Gasteiger charge is 2.31. The molecule has 0 saturated heterocycles. The van der Waals surface area contributed by atoms with E-state index in [1.165, 1.54) is 30.0 Å². The first-order valence-electron chi connectivity index (χ1n) is 20.6. The van der Waals surface area contributed by atoms with E-state index >= 15 is 0 Å². The summed E-state index contributed by atoms with van der Waals surface area (Å²) in [5.41, 5.74) is 8.79. The number of ketones is 3. The number of amides is 1. The number of halogens is 4. The molecule has 3 aliphatic rings. The number of aryl methyl sites for hydroxylation is 3. The number of carboxylic acids is 1. The number of Topliss-reactive ketones (excluding diaryl/α,β-unsaturated/α-hetero) is 3. The van der Waals surface area contributed by atoms with Gasteiger partial charge in [0.05, 0.1) is 22.1 Å². The standard InChI is InChI=1S/C20H16ClNO3.C12H11NO2.C10H9ClO3.C8H6BrClO/c21-13-8-5-12(6-9-13)17-19(23)16(20(24)25)15-10-7-11-3-1-2-4-14(11)18(15)22-17;14-11-9-6-5-7-3-1-2-4-8(7)10(9)13-12(11)15;1-7(12)14-6-10(13)8-2-4-9(11)5-3-8;9-5-8(11)6-1-3-7(10)4-2-6/h5-10,23H,1-4H2,(H,24,25);5-6H,1-4H2,(H,13,14,15);2-5H,6H2,1H3;1-4H,5H2. The minimum Gasteiger partial charge on any atom is -0.505 e. The van der Waals surface area contributed by atoms with Gasteiger partial charge in [0.2, 0.25) is 0 Å². The Labute approximate surface area is 398 Å². The lowest BCUT2D eigenvalue weighted by molar-refractivity contribution is -0.139. The molecule has 11 nitrogen and oxygen atoms in total. The highest BCUT2D eigenvalue weighted by Crippen LogP contribution is 2.39. The molecule has 15 heteroatoms. The molecule has 65 heavy (non-hydrogen) atoms. The zero-order valence-electron chi connectivity index (χ0n) is 35.0. The summed E-state index contributed by atoms with van der Waals surface area (Å²) in [5, 5.41) is 25.6. The highest BCUT2D eigenvalue weighted by molar-refractivity contribution is 9.09. The van der Waals surface area contributed by atoms with Crippen LogP contribution in [0.25, 0.3) is 22.2 Å². The number of nitrogens with one attached hydrogen (secondary N) is 1. The SMILES string of the molecule is CC(=O)OCC(=O)c1ccc(Cl)cc1.O=C(CBr)c1ccc(Cl)cc1.O=C(O)c1c(O)c(-c2ccc(Cl)cc2)nc2c3c(ccc12)CCCC3.O=C1Nc2c(ccc3c2CCCC3)C1=O. The van der Waals surface area contributed by atoms with Gasteiger partial charge in [0, 0.05) is 44.1 Å². The molecule has 0 bridgehead atoms. The van der Waals surface area contributed by atoms with Gasteiger partial charge in [0.15, 0.2) is 23.9 Å². The monoisotopic (exact) mass is 998 g/mol. The number of nitrogens with zero attached hydrogens (tertiary/aromatic N) is 1. The van der Waals surface area contributed by atoms with Crippen molar-refractivity contribution in [2.24, 2.45) is 0 Å². The number of aromatic nitrogens is 1. The molecule has 2 aliphatic carbocycles. The normalized spacial score (nSPS) is 13.2. The van der Waals surface area contributed by atoms with Crippen LogP contribution in [0.15, 0.2) is 97.1 Å².